The molecular formula is C21H22N2O3S. The predicted octanol–water partition coefficient (Wildman–Crippen LogP) is 3.95. The maximum absolute atomic E-state index is 12.5. The van der Waals surface area contributed by atoms with Gasteiger partial charge >= 0.3 is 0 Å². The van der Waals surface area contributed by atoms with Crippen molar-refractivity contribution in [1.82, 2.24) is 5.32 Å². The molecule has 0 aromatic heterocycles. The molecule has 6 heteroatoms. The van der Waals surface area contributed by atoms with E-state index < -0.39 is 0 Å². The van der Waals surface area contributed by atoms with Gasteiger partial charge in [0.15, 0.2) is 0 Å². The second kappa shape index (κ2) is 8.15. The normalized spacial score (nSPS) is 16.7. The topological polar surface area (TPSA) is 67.4 Å². The monoisotopic (exact) mass is 382 g/mol. The average Bonchev–Trinajstić information content (AvgIpc) is 2.84. The van der Waals surface area contributed by atoms with Crippen molar-refractivity contribution in [2.75, 3.05) is 25.1 Å². The molecule has 2 heterocycles. The molecule has 0 bridgehead atoms. The minimum atomic E-state index is -0.145. The van der Waals surface area contributed by atoms with Crippen molar-refractivity contribution in [1.29, 1.82) is 0 Å². The zero-order valence-corrected chi connectivity index (χ0v) is 15.8. The summed E-state index contributed by atoms with van der Waals surface area (Å²) in [5.74, 6) is 0.375. The summed E-state index contributed by atoms with van der Waals surface area (Å²) in [6.07, 6.45) is 3.11. The van der Waals surface area contributed by atoms with Gasteiger partial charge in [-0.2, -0.15) is 0 Å². The van der Waals surface area contributed by atoms with E-state index in [4.69, 9.17) is 4.74 Å². The van der Waals surface area contributed by atoms with Crippen LogP contribution in [0, 0.1) is 5.92 Å². The molecule has 140 valence electrons. The van der Waals surface area contributed by atoms with Crippen molar-refractivity contribution < 1.29 is 14.3 Å². The molecule has 1 fully saturated rings. The van der Waals surface area contributed by atoms with Crippen molar-refractivity contribution in [2.45, 2.75) is 29.1 Å². The van der Waals surface area contributed by atoms with Crippen LogP contribution in [0.15, 0.2) is 52.3 Å². The molecule has 2 aliphatic rings. The van der Waals surface area contributed by atoms with Gasteiger partial charge < -0.3 is 15.4 Å². The van der Waals surface area contributed by atoms with E-state index in [9.17, 15) is 9.59 Å². The van der Waals surface area contributed by atoms with E-state index in [0.29, 0.717) is 29.3 Å². The van der Waals surface area contributed by atoms with Crippen LogP contribution in [0.5, 0.6) is 0 Å². The van der Waals surface area contributed by atoms with Crippen LogP contribution in [-0.2, 0) is 4.74 Å². The molecule has 2 aromatic carbocycles. The lowest BCUT2D eigenvalue weighted by molar-refractivity contribution is 0.0636. The highest BCUT2D eigenvalue weighted by atomic mass is 32.2. The van der Waals surface area contributed by atoms with Gasteiger partial charge in [-0.25, -0.2) is 0 Å². The Morgan fingerprint density at radius 3 is 2.81 bits per heavy atom. The smallest absolute Gasteiger partial charge is 0.256 e. The quantitative estimate of drug-likeness (QED) is 0.840. The summed E-state index contributed by atoms with van der Waals surface area (Å²) in [5.41, 5.74) is 1.90. The number of benzene rings is 2. The number of carbonyl (C=O) groups excluding carboxylic acids is 2. The van der Waals surface area contributed by atoms with Crippen LogP contribution in [0.3, 0.4) is 0 Å². The van der Waals surface area contributed by atoms with E-state index in [0.717, 1.165) is 42.3 Å². The molecule has 4 rings (SSSR count). The van der Waals surface area contributed by atoms with E-state index in [1.807, 2.05) is 36.4 Å². The van der Waals surface area contributed by atoms with Gasteiger partial charge in [0.1, 0.15) is 0 Å². The number of hydrogen-bond donors (Lipinski definition) is 2. The third kappa shape index (κ3) is 4.17. The van der Waals surface area contributed by atoms with Crippen LogP contribution in [0.1, 0.15) is 40.0 Å². The fourth-order valence-corrected chi connectivity index (χ4v) is 4.45. The largest absolute Gasteiger partial charge is 0.381 e. The maximum Gasteiger partial charge on any atom is 0.256 e. The van der Waals surface area contributed by atoms with Crippen molar-refractivity contribution in [3.05, 3.63) is 53.6 Å². The average molecular weight is 382 g/mol. The number of carbonyl (C=O) groups is 2. The van der Waals surface area contributed by atoms with E-state index >= 15 is 0 Å². The van der Waals surface area contributed by atoms with Gasteiger partial charge in [0.25, 0.3) is 11.8 Å². The molecule has 0 aliphatic carbocycles. The Bertz CT molecular complexity index is 862. The summed E-state index contributed by atoms with van der Waals surface area (Å²) < 4.78 is 5.37. The van der Waals surface area contributed by atoms with E-state index in [-0.39, 0.29) is 11.8 Å². The van der Waals surface area contributed by atoms with Crippen molar-refractivity contribution in [2.24, 2.45) is 5.92 Å². The van der Waals surface area contributed by atoms with Gasteiger partial charge in [-0.05, 0) is 55.5 Å². The highest BCUT2D eigenvalue weighted by Gasteiger charge is 2.21. The lowest BCUT2D eigenvalue weighted by Crippen LogP contribution is -2.27. The second-order valence-corrected chi connectivity index (χ2v) is 7.95. The second-order valence-electron chi connectivity index (χ2n) is 6.86. The molecule has 27 heavy (non-hydrogen) atoms. The minimum Gasteiger partial charge on any atom is -0.381 e. The molecule has 2 aromatic rings. The van der Waals surface area contributed by atoms with Crippen LogP contribution < -0.4 is 10.6 Å². The van der Waals surface area contributed by atoms with Crippen LogP contribution in [0.25, 0.3) is 0 Å². The number of fused-ring (bicyclic) bond motifs is 2. The van der Waals surface area contributed by atoms with Gasteiger partial charge in [0.2, 0.25) is 0 Å². The number of rotatable bonds is 4. The summed E-state index contributed by atoms with van der Waals surface area (Å²) in [7, 11) is 0. The SMILES string of the molecule is O=C(NCCC1CCOCC1)c1ccc2c(c1)NC(=O)c1ccccc1S2. The summed E-state index contributed by atoms with van der Waals surface area (Å²) in [6, 6.07) is 13.0. The summed E-state index contributed by atoms with van der Waals surface area (Å²) >= 11 is 1.54. The van der Waals surface area contributed by atoms with Gasteiger partial charge in [-0.1, -0.05) is 23.9 Å². The fraction of sp³-hybridized carbons (Fsp3) is 0.333. The molecule has 0 saturated carbocycles. The first-order valence-electron chi connectivity index (χ1n) is 9.29. The van der Waals surface area contributed by atoms with Gasteiger partial charge in [0, 0.05) is 35.1 Å². The Morgan fingerprint density at radius 2 is 1.96 bits per heavy atom. The lowest BCUT2D eigenvalue weighted by atomic mass is 9.97. The first-order valence-corrected chi connectivity index (χ1v) is 10.1. The van der Waals surface area contributed by atoms with Crippen LogP contribution >= 0.6 is 11.8 Å². The van der Waals surface area contributed by atoms with E-state index in [2.05, 4.69) is 10.6 Å². The maximum atomic E-state index is 12.5. The first kappa shape index (κ1) is 18.1. The highest BCUT2D eigenvalue weighted by Crippen LogP contribution is 2.38. The Morgan fingerprint density at radius 1 is 1.15 bits per heavy atom. The summed E-state index contributed by atoms with van der Waals surface area (Å²) in [5, 5.41) is 5.93. The number of anilines is 1. The molecule has 5 nitrogen and oxygen atoms in total. The Hall–Kier alpha value is -2.31. The molecule has 0 spiro atoms. The number of hydrogen-bond acceptors (Lipinski definition) is 4. The first-order chi connectivity index (χ1) is 13.2. The minimum absolute atomic E-state index is 0.106. The van der Waals surface area contributed by atoms with Gasteiger partial charge in [0.05, 0.1) is 11.3 Å². The Kier molecular flexibility index (Phi) is 5.45. The Balaban J connectivity index is 1.43. The zero-order chi connectivity index (χ0) is 18.6. The highest BCUT2D eigenvalue weighted by molar-refractivity contribution is 7.99. The van der Waals surface area contributed by atoms with E-state index in [1.165, 1.54) is 11.8 Å². The third-order valence-corrected chi connectivity index (χ3v) is 6.17. The summed E-state index contributed by atoms with van der Waals surface area (Å²) in [6.45, 7) is 2.31. The molecule has 2 N–H and O–H groups in total. The third-order valence-electron chi connectivity index (χ3n) is 5.02. The molecule has 0 radical (unpaired) electrons. The van der Waals surface area contributed by atoms with Gasteiger partial charge in [-0.3, -0.25) is 9.59 Å². The molecule has 1 saturated heterocycles. The number of amides is 2. The molecular weight excluding hydrogens is 360 g/mol. The Labute approximate surface area is 162 Å². The standard InChI is InChI=1S/C21H22N2O3S/c24-20(22-10-7-14-8-11-26-12-9-14)15-5-6-19-17(13-15)23-21(25)16-3-1-2-4-18(16)27-19/h1-6,13-14H,7-12H2,(H,22,24)(H,23,25). The molecule has 2 amide bonds. The van der Waals surface area contributed by atoms with Crippen LogP contribution in [0.4, 0.5) is 5.69 Å². The summed E-state index contributed by atoms with van der Waals surface area (Å²) in [4.78, 5) is 26.8. The number of nitrogens with one attached hydrogen (secondary N) is 2. The fourth-order valence-electron chi connectivity index (χ4n) is 3.44. The predicted molar refractivity (Wildman–Crippen MR) is 105 cm³/mol. The zero-order valence-electron chi connectivity index (χ0n) is 15.0. The number of ether oxygens (including phenoxy) is 1. The van der Waals surface area contributed by atoms with Gasteiger partial charge in [-0.15, -0.1) is 0 Å². The molecule has 2 aliphatic heterocycles. The van der Waals surface area contributed by atoms with Crippen molar-refractivity contribution in [3.63, 3.8) is 0 Å². The van der Waals surface area contributed by atoms with E-state index in [1.54, 1.807) is 6.07 Å². The van der Waals surface area contributed by atoms with Crippen molar-refractivity contribution in [3.8, 4) is 0 Å². The molecule has 0 unspecified atom stereocenters. The lowest BCUT2D eigenvalue weighted by Gasteiger charge is -2.21. The molecule has 0 atom stereocenters. The van der Waals surface area contributed by atoms with Crippen LogP contribution in [0.2, 0.25) is 0 Å². The van der Waals surface area contributed by atoms with Crippen molar-refractivity contribution >= 4 is 29.3 Å². The van der Waals surface area contributed by atoms with Crippen LogP contribution in [-0.4, -0.2) is 31.6 Å².